The lowest BCUT2D eigenvalue weighted by Crippen LogP contribution is -2.37. The number of amides is 1. The van der Waals surface area contributed by atoms with Crippen LogP contribution >= 0.6 is 11.3 Å². The highest BCUT2D eigenvalue weighted by Gasteiger charge is 2.35. The molecule has 0 saturated heterocycles. The summed E-state index contributed by atoms with van der Waals surface area (Å²) in [4.78, 5) is 29.3. The quantitative estimate of drug-likeness (QED) is 0.872. The van der Waals surface area contributed by atoms with E-state index >= 15 is 0 Å². The summed E-state index contributed by atoms with van der Waals surface area (Å²) in [7, 11) is 0. The van der Waals surface area contributed by atoms with Crippen molar-refractivity contribution in [3.05, 3.63) is 33.2 Å². The summed E-state index contributed by atoms with van der Waals surface area (Å²) in [5.41, 5.74) is 3.23. The van der Waals surface area contributed by atoms with Crippen LogP contribution in [0.25, 0.3) is 0 Å². The van der Waals surface area contributed by atoms with Crippen molar-refractivity contribution < 1.29 is 4.79 Å². The van der Waals surface area contributed by atoms with E-state index in [-0.39, 0.29) is 12.0 Å². The number of nitrogens with one attached hydrogen (secondary N) is 1. The number of hydrogen-bond donors (Lipinski definition) is 1. The van der Waals surface area contributed by atoms with Crippen LogP contribution in [0.2, 0.25) is 0 Å². The molecule has 0 bridgehead atoms. The molecule has 6 nitrogen and oxygen atoms in total. The number of aryl methyl sites for hydroxylation is 2. The van der Waals surface area contributed by atoms with Gasteiger partial charge in [-0.1, -0.05) is 6.92 Å². The van der Waals surface area contributed by atoms with Crippen LogP contribution in [0.15, 0.2) is 6.33 Å². The molecule has 2 aromatic rings. The van der Waals surface area contributed by atoms with E-state index in [1.54, 1.807) is 17.7 Å². The predicted molar refractivity (Wildman–Crippen MR) is 102 cm³/mol. The highest BCUT2D eigenvalue weighted by molar-refractivity contribution is 7.11. The Hall–Kier alpha value is -2.02. The molecule has 3 heterocycles. The predicted octanol–water partition coefficient (Wildman–Crippen LogP) is 3.41. The monoisotopic (exact) mass is 371 g/mol. The molecule has 0 aromatic carbocycles. The minimum Gasteiger partial charge on any atom is -0.361 e. The Kier molecular flexibility index (Phi) is 4.65. The smallest absolute Gasteiger partial charge is 0.226 e. The second-order valence-corrected chi connectivity index (χ2v) is 8.47. The summed E-state index contributed by atoms with van der Waals surface area (Å²) in [5, 5.41) is 4.69. The lowest BCUT2D eigenvalue weighted by molar-refractivity contribution is -0.133. The fraction of sp³-hybridized carbons (Fsp3) is 0.579. The van der Waals surface area contributed by atoms with Gasteiger partial charge in [0.1, 0.15) is 17.2 Å². The Morgan fingerprint density at radius 1 is 1.38 bits per heavy atom. The highest BCUT2D eigenvalue weighted by Crippen LogP contribution is 2.34. The van der Waals surface area contributed by atoms with Crippen LogP contribution in [-0.4, -0.2) is 32.3 Å². The van der Waals surface area contributed by atoms with E-state index in [1.165, 1.54) is 4.88 Å². The summed E-state index contributed by atoms with van der Waals surface area (Å²) >= 11 is 1.75. The van der Waals surface area contributed by atoms with Gasteiger partial charge in [0, 0.05) is 22.9 Å². The van der Waals surface area contributed by atoms with Gasteiger partial charge in [-0.3, -0.25) is 4.79 Å². The molecular formula is C19H25N5OS. The second-order valence-electron chi connectivity index (χ2n) is 7.23. The van der Waals surface area contributed by atoms with E-state index in [9.17, 15) is 4.79 Å². The van der Waals surface area contributed by atoms with Crippen LogP contribution in [0.4, 0.5) is 5.82 Å². The topological polar surface area (TPSA) is 71.0 Å². The molecule has 1 amide bonds. The molecule has 1 aliphatic heterocycles. The van der Waals surface area contributed by atoms with Gasteiger partial charge in [0.25, 0.3) is 0 Å². The first kappa shape index (κ1) is 17.4. The number of thiazole rings is 1. The van der Waals surface area contributed by atoms with Crippen molar-refractivity contribution in [2.24, 2.45) is 5.92 Å². The standard InChI is InChI=1S/C19H25N5OS/c1-4-15(18-22-11(2)12(3)26-18)23-17-14-7-8-24(19(25)13-5-6-13)9-16(14)20-10-21-17/h10,13,15H,4-9H2,1-3H3,(H,20,21,23). The molecule has 1 atom stereocenters. The molecular weight excluding hydrogens is 346 g/mol. The zero-order chi connectivity index (χ0) is 18.3. The SMILES string of the molecule is CCC(Nc1ncnc2c1CCN(C(=O)C1CC1)C2)c1nc(C)c(C)s1. The van der Waals surface area contributed by atoms with Crippen LogP contribution in [0.1, 0.15) is 59.1 Å². The van der Waals surface area contributed by atoms with Crippen molar-refractivity contribution in [3.63, 3.8) is 0 Å². The van der Waals surface area contributed by atoms with Crippen molar-refractivity contribution in [1.82, 2.24) is 19.9 Å². The first-order valence-corrected chi connectivity index (χ1v) is 10.2. The second kappa shape index (κ2) is 6.95. The maximum absolute atomic E-state index is 12.4. The molecule has 2 aromatic heterocycles. The van der Waals surface area contributed by atoms with Gasteiger partial charge in [0.2, 0.25) is 5.91 Å². The van der Waals surface area contributed by atoms with Gasteiger partial charge in [0.15, 0.2) is 0 Å². The van der Waals surface area contributed by atoms with Crippen LogP contribution in [0.3, 0.4) is 0 Å². The van der Waals surface area contributed by atoms with Gasteiger partial charge >= 0.3 is 0 Å². The number of aromatic nitrogens is 3. The molecule has 1 aliphatic carbocycles. The third-order valence-corrected chi connectivity index (χ3v) is 6.49. The van der Waals surface area contributed by atoms with Crippen LogP contribution in [-0.2, 0) is 17.8 Å². The van der Waals surface area contributed by atoms with E-state index in [2.05, 4.69) is 36.1 Å². The number of carbonyl (C=O) groups is 1. The fourth-order valence-corrected chi connectivity index (χ4v) is 4.46. The van der Waals surface area contributed by atoms with Crippen molar-refractivity contribution in [3.8, 4) is 0 Å². The summed E-state index contributed by atoms with van der Waals surface area (Å²) < 4.78 is 0. The number of nitrogens with zero attached hydrogens (tertiary/aromatic N) is 4. The van der Waals surface area contributed by atoms with Crippen molar-refractivity contribution in [1.29, 1.82) is 0 Å². The summed E-state index contributed by atoms with van der Waals surface area (Å²) in [5.74, 6) is 1.45. The van der Waals surface area contributed by atoms with Gasteiger partial charge in [-0.2, -0.15) is 0 Å². The highest BCUT2D eigenvalue weighted by atomic mass is 32.1. The zero-order valence-electron chi connectivity index (χ0n) is 15.6. The molecule has 1 fully saturated rings. The number of anilines is 1. The Balaban J connectivity index is 1.54. The van der Waals surface area contributed by atoms with E-state index in [0.29, 0.717) is 12.5 Å². The summed E-state index contributed by atoms with van der Waals surface area (Å²) in [6, 6.07) is 0.150. The Morgan fingerprint density at radius 2 is 2.19 bits per heavy atom. The first-order valence-electron chi connectivity index (χ1n) is 9.38. The average molecular weight is 372 g/mol. The Bertz CT molecular complexity index is 810. The first-order chi connectivity index (χ1) is 12.6. The van der Waals surface area contributed by atoms with Gasteiger partial charge in [-0.15, -0.1) is 11.3 Å². The Morgan fingerprint density at radius 3 is 2.85 bits per heavy atom. The molecule has 1 N–H and O–H groups in total. The lowest BCUT2D eigenvalue weighted by Gasteiger charge is -2.29. The summed E-state index contributed by atoms with van der Waals surface area (Å²) in [6.07, 6.45) is 5.45. The third-order valence-electron chi connectivity index (χ3n) is 5.31. The normalized spacial score (nSPS) is 17.7. The third kappa shape index (κ3) is 3.32. The van der Waals surface area contributed by atoms with E-state index in [0.717, 1.165) is 60.0 Å². The maximum Gasteiger partial charge on any atom is 0.226 e. The minimum atomic E-state index is 0.150. The molecule has 0 radical (unpaired) electrons. The van der Waals surface area contributed by atoms with Gasteiger partial charge in [-0.05, 0) is 39.5 Å². The van der Waals surface area contributed by atoms with Gasteiger partial charge in [0.05, 0.1) is 24.0 Å². The molecule has 26 heavy (non-hydrogen) atoms. The Labute approximate surface area is 158 Å². The largest absolute Gasteiger partial charge is 0.361 e. The number of carbonyl (C=O) groups excluding carboxylic acids is 1. The molecule has 4 rings (SSSR count). The summed E-state index contributed by atoms with van der Waals surface area (Å²) in [6.45, 7) is 7.69. The fourth-order valence-electron chi connectivity index (χ4n) is 3.41. The molecule has 0 spiro atoms. The zero-order valence-corrected chi connectivity index (χ0v) is 16.4. The number of rotatable bonds is 5. The van der Waals surface area contributed by atoms with Crippen LogP contribution in [0, 0.1) is 19.8 Å². The molecule has 138 valence electrons. The van der Waals surface area contributed by atoms with Crippen LogP contribution in [0.5, 0.6) is 0 Å². The molecule has 7 heteroatoms. The van der Waals surface area contributed by atoms with E-state index in [4.69, 9.17) is 4.98 Å². The van der Waals surface area contributed by atoms with Gasteiger partial charge < -0.3 is 10.2 Å². The van der Waals surface area contributed by atoms with E-state index < -0.39 is 0 Å². The van der Waals surface area contributed by atoms with Crippen molar-refractivity contribution in [2.45, 2.75) is 59.0 Å². The number of hydrogen-bond acceptors (Lipinski definition) is 6. The molecule has 1 unspecified atom stereocenters. The average Bonchev–Trinajstić information content (AvgIpc) is 3.44. The lowest BCUT2D eigenvalue weighted by atomic mass is 10.0. The molecule has 2 aliphatic rings. The number of fused-ring (bicyclic) bond motifs is 1. The molecule has 1 saturated carbocycles. The minimum absolute atomic E-state index is 0.150. The van der Waals surface area contributed by atoms with Crippen molar-refractivity contribution >= 4 is 23.1 Å². The van der Waals surface area contributed by atoms with Crippen molar-refractivity contribution in [2.75, 3.05) is 11.9 Å². The van der Waals surface area contributed by atoms with Gasteiger partial charge in [-0.25, -0.2) is 15.0 Å². The maximum atomic E-state index is 12.4. The van der Waals surface area contributed by atoms with E-state index in [1.807, 2.05) is 4.90 Å². The van der Waals surface area contributed by atoms with Crippen LogP contribution < -0.4 is 5.32 Å².